The highest BCUT2D eigenvalue weighted by molar-refractivity contribution is 9.12. The van der Waals surface area contributed by atoms with Crippen molar-refractivity contribution < 1.29 is 0 Å². The van der Waals surface area contributed by atoms with E-state index in [0.29, 0.717) is 0 Å². The second-order valence-electron chi connectivity index (χ2n) is 1.71. The van der Waals surface area contributed by atoms with Crippen LogP contribution in [0.25, 0.3) is 0 Å². The maximum absolute atomic E-state index is 5.50. The van der Waals surface area contributed by atoms with Crippen LogP contribution in [-0.4, -0.2) is 4.95 Å². The van der Waals surface area contributed by atoms with Gasteiger partial charge in [-0.1, -0.05) is 29.8 Å². The van der Waals surface area contributed by atoms with E-state index in [2.05, 4.69) is 37.2 Å². The third kappa shape index (κ3) is 4.48. The average molecular weight is 284 g/mol. The number of hydrogen-bond acceptors (Lipinski definition) is 2. The van der Waals surface area contributed by atoms with Crippen molar-refractivity contribution in [3.8, 4) is 0 Å². The maximum Gasteiger partial charge on any atom is 0.103 e. The van der Waals surface area contributed by atoms with E-state index in [1.54, 1.807) is 0 Å². The lowest BCUT2D eigenvalue weighted by Gasteiger charge is -2.13. The first-order valence-corrected chi connectivity index (χ1v) is 5.14. The van der Waals surface area contributed by atoms with Crippen molar-refractivity contribution in [1.82, 2.24) is 5.32 Å². The standard InChI is InChI=1S/C5H6Br2N2.C2H6/c6-4-1-3(8)2-5(7)9-4;1-2/h1-2,4,9H,8H2;1-2H3. The molecule has 0 saturated carbocycles. The largest absolute Gasteiger partial charge is 0.399 e. The van der Waals surface area contributed by atoms with Crippen LogP contribution in [0.2, 0.25) is 0 Å². The quantitative estimate of drug-likeness (QED) is 0.529. The van der Waals surface area contributed by atoms with Gasteiger partial charge in [0.15, 0.2) is 0 Å². The summed E-state index contributed by atoms with van der Waals surface area (Å²) in [5, 5.41) is 3.05. The first-order valence-electron chi connectivity index (χ1n) is 3.43. The van der Waals surface area contributed by atoms with Crippen molar-refractivity contribution in [2.75, 3.05) is 0 Å². The number of alkyl halides is 1. The lowest BCUT2D eigenvalue weighted by atomic mass is 10.3. The Balaban J connectivity index is 0.000000461. The summed E-state index contributed by atoms with van der Waals surface area (Å²) < 4.78 is 0.907. The van der Waals surface area contributed by atoms with Crippen LogP contribution < -0.4 is 11.1 Å². The predicted octanol–water partition coefficient (Wildman–Crippen LogP) is 2.42. The Bertz CT molecular complexity index is 175. The van der Waals surface area contributed by atoms with E-state index < -0.39 is 0 Å². The van der Waals surface area contributed by atoms with Crippen molar-refractivity contribution in [3.05, 3.63) is 22.5 Å². The van der Waals surface area contributed by atoms with Gasteiger partial charge >= 0.3 is 0 Å². The number of rotatable bonds is 0. The van der Waals surface area contributed by atoms with Crippen molar-refractivity contribution in [3.63, 3.8) is 0 Å². The van der Waals surface area contributed by atoms with Crippen LogP contribution in [0.4, 0.5) is 0 Å². The van der Waals surface area contributed by atoms with E-state index >= 15 is 0 Å². The van der Waals surface area contributed by atoms with E-state index in [1.165, 1.54) is 0 Å². The molecule has 1 rings (SSSR count). The van der Waals surface area contributed by atoms with Gasteiger partial charge in [0.05, 0.1) is 4.61 Å². The highest BCUT2D eigenvalue weighted by Gasteiger charge is 2.05. The van der Waals surface area contributed by atoms with Gasteiger partial charge in [0.1, 0.15) is 4.95 Å². The van der Waals surface area contributed by atoms with Gasteiger partial charge in [-0.15, -0.1) is 0 Å². The van der Waals surface area contributed by atoms with Crippen LogP contribution in [0.1, 0.15) is 13.8 Å². The Kier molecular flexibility index (Phi) is 5.68. The lowest BCUT2D eigenvalue weighted by molar-refractivity contribution is 0.900. The summed E-state index contributed by atoms with van der Waals surface area (Å²) in [6, 6.07) is 0. The number of dihydropyridines is 1. The summed E-state index contributed by atoms with van der Waals surface area (Å²) in [5.41, 5.74) is 6.27. The predicted molar refractivity (Wildman–Crippen MR) is 56.5 cm³/mol. The zero-order valence-electron chi connectivity index (χ0n) is 6.57. The summed E-state index contributed by atoms with van der Waals surface area (Å²) in [4.78, 5) is 0.150. The summed E-state index contributed by atoms with van der Waals surface area (Å²) in [7, 11) is 0. The molecule has 11 heavy (non-hydrogen) atoms. The fraction of sp³-hybridized carbons (Fsp3) is 0.429. The third-order valence-electron chi connectivity index (χ3n) is 0.908. The average Bonchev–Trinajstić information content (AvgIpc) is 1.88. The van der Waals surface area contributed by atoms with Crippen molar-refractivity contribution in [1.29, 1.82) is 0 Å². The van der Waals surface area contributed by atoms with Gasteiger partial charge in [-0.2, -0.15) is 0 Å². The molecule has 4 heteroatoms. The van der Waals surface area contributed by atoms with E-state index in [-0.39, 0.29) is 4.95 Å². The molecule has 0 fully saturated rings. The SMILES string of the molecule is CC.NC1=CC(Br)NC(Br)=C1. The van der Waals surface area contributed by atoms with Crippen LogP contribution in [-0.2, 0) is 0 Å². The zero-order valence-corrected chi connectivity index (χ0v) is 9.74. The fourth-order valence-corrected chi connectivity index (χ4v) is 1.95. The number of hydrogen-bond donors (Lipinski definition) is 2. The molecule has 3 N–H and O–H groups in total. The minimum Gasteiger partial charge on any atom is -0.399 e. The lowest BCUT2D eigenvalue weighted by Crippen LogP contribution is -2.23. The molecular weight excluding hydrogens is 272 g/mol. The second kappa shape index (κ2) is 5.66. The highest BCUT2D eigenvalue weighted by Crippen LogP contribution is 2.13. The summed E-state index contributed by atoms with van der Waals surface area (Å²) in [6.45, 7) is 4.00. The van der Waals surface area contributed by atoms with E-state index in [4.69, 9.17) is 5.73 Å². The molecule has 1 aliphatic rings. The number of nitrogens with two attached hydrogens (primary N) is 1. The molecule has 64 valence electrons. The summed E-state index contributed by atoms with van der Waals surface area (Å²) in [6.07, 6.45) is 3.70. The molecule has 1 unspecified atom stereocenters. The van der Waals surface area contributed by atoms with Gasteiger partial charge < -0.3 is 11.1 Å². The number of allylic oxidation sites excluding steroid dienone is 1. The molecular formula is C7H12Br2N2. The second-order valence-corrected chi connectivity index (χ2v) is 3.55. The molecule has 0 saturated heterocycles. The molecule has 0 radical (unpaired) electrons. The Morgan fingerprint density at radius 1 is 1.55 bits per heavy atom. The number of halogens is 2. The van der Waals surface area contributed by atoms with Gasteiger partial charge in [-0.05, 0) is 28.1 Å². The smallest absolute Gasteiger partial charge is 0.103 e. The Morgan fingerprint density at radius 2 is 2.09 bits per heavy atom. The minimum absolute atomic E-state index is 0.150. The van der Waals surface area contributed by atoms with Crippen molar-refractivity contribution in [2.24, 2.45) is 5.73 Å². The van der Waals surface area contributed by atoms with Crippen LogP contribution in [0.5, 0.6) is 0 Å². The molecule has 0 spiro atoms. The van der Waals surface area contributed by atoms with Gasteiger partial charge in [-0.25, -0.2) is 0 Å². The Morgan fingerprint density at radius 3 is 2.45 bits per heavy atom. The van der Waals surface area contributed by atoms with Crippen LogP contribution in [0, 0.1) is 0 Å². The summed E-state index contributed by atoms with van der Waals surface area (Å²) in [5.74, 6) is 0. The molecule has 1 aliphatic heterocycles. The molecule has 0 aromatic carbocycles. The van der Waals surface area contributed by atoms with Gasteiger partial charge in [-0.3, -0.25) is 0 Å². The fourth-order valence-electron chi connectivity index (χ4n) is 0.578. The van der Waals surface area contributed by atoms with Gasteiger partial charge in [0.2, 0.25) is 0 Å². The molecule has 0 amide bonds. The molecule has 0 aromatic heterocycles. The third-order valence-corrected chi connectivity index (χ3v) is 1.86. The Labute approximate surface area is 84.2 Å². The van der Waals surface area contributed by atoms with Crippen LogP contribution in [0.15, 0.2) is 22.5 Å². The van der Waals surface area contributed by atoms with Gasteiger partial charge in [0, 0.05) is 5.70 Å². The molecule has 0 bridgehead atoms. The monoisotopic (exact) mass is 282 g/mol. The summed E-state index contributed by atoms with van der Waals surface area (Å²) >= 11 is 6.60. The van der Waals surface area contributed by atoms with Crippen LogP contribution in [0.3, 0.4) is 0 Å². The van der Waals surface area contributed by atoms with Crippen molar-refractivity contribution in [2.45, 2.75) is 18.8 Å². The Hall–Kier alpha value is 0.0400. The minimum atomic E-state index is 0.150. The molecule has 1 atom stereocenters. The normalized spacial score (nSPS) is 22.0. The molecule has 1 heterocycles. The highest BCUT2D eigenvalue weighted by atomic mass is 79.9. The van der Waals surface area contributed by atoms with Crippen LogP contribution >= 0.6 is 31.9 Å². The van der Waals surface area contributed by atoms with E-state index in [9.17, 15) is 0 Å². The van der Waals surface area contributed by atoms with Gasteiger partial charge in [0.25, 0.3) is 0 Å². The topological polar surface area (TPSA) is 38.0 Å². The van der Waals surface area contributed by atoms with E-state index in [1.807, 2.05) is 26.0 Å². The zero-order chi connectivity index (χ0) is 8.85. The number of nitrogens with one attached hydrogen (secondary N) is 1. The van der Waals surface area contributed by atoms with Crippen molar-refractivity contribution >= 4 is 31.9 Å². The molecule has 2 nitrogen and oxygen atoms in total. The molecule has 0 aromatic rings. The van der Waals surface area contributed by atoms with E-state index in [0.717, 1.165) is 10.3 Å². The first-order chi connectivity index (χ1) is 5.18. The first kappa shape index (κ1) is 11.0. The molecule has 0 aliphatic carbocycles. The maximum atomic E-state index is 5.50.